The molecule has 2 aromatic carbocycles. The van der Waals surface area contributed by atoms with Gasteiger partial charge >= 0.3 is 0 Å². The molecule has 0 bridgehead atoms. The van der Waals surface area contributed by atoms with Gasteiger partial charge in [-0.25, -0.2) is 25.9 Å². The molecule has 2 rings (SSSR count). The first-order chi connectivity index (χ1) is 13.7. The smallest absolute Gasteiger partial charge is 0.210 e. The molecule has 10 heteroatoms. The van der Waals surface area contributed by atoms with Crippen LogP contribution >= 0.6 is 11.8 Å². The predicted molar refractivity (Wildman–Crippen MR) is 114 cm³/mol. The summed E-state index contributed by atoms with van der Waals surface area (Å²) in [6.07, 6.45) is 0. The van der Waals surface area contributed by atoms with Crippen LogP contribution in [0.25, 0.3) is 0 Å². The Morgan fingerprint density at radius 2 is 1.52 bits per heavy atom. The number of hydrogen-bond acceptors (Lipinski definition) is 5. The fourth-order valence-electron chi connectivity index (χ4n) is 2.63. The van der Waals surface area contributed by atoms with Gasteiger partial charge in [-0.05, 0) is 35.9 Å². The Labute approximate surface area is 176 Å². The third-order valence-corrected chi connectivity index (χ3v) is 8.78. The summed E-state index contributed by atoms with van der Waals surface area (Å²) in [6.45, 7) is 4.35. The predicted octanol–water partition coefficient (Wildman–Crippen LogP) is 3.07. The molecule has 0 unspecified atom stereocenters. The van der Waals surface area contributed by atoms with Crippen molar-refractivity contribution in [3.05, 3.63) is 59.9 Å². The molecular formula is C19H25FN2O4S3. The molecule has 0 radical (unpaired) electrons. The molecule has 6 nitrogen and oxygen atoms in total. The quantitative estimate of drug-likeness (QED) is 0.521. The second-order valence-corrected chi connectivity index (χ2v) is 10.9. The number of hydrogen-bond donors (Lipinski definition) is 1. The number of benzene rings is 2. The molecule has 29 heavy (non-hydrogen) atoms. The highest BCUT2D eigenvalue weighted by molar-refractivity contribution is 7.98. The minimum atomic E-state index is -3.75. The van der Waals surface area contributed by atoms with E-state index in [0.29, 0.717) is 30.2 Å². The van der Waals surface area contributed by atoms with Crippen molar-refractivity contribution in [2.24, 2.45) is 0 Å². The Kier molecular flexibility index (Phi) is 8.65. The Bertz CT molecular complexity index is 1010. The first kappa shape index (κ1) is 23.8. The average molecular weight is 461 g/mol. The highest BCUT2D eigenvalue weighted by Crippen LogP contribution is 2.19. The van der Waals surface area contributed by atoms with Gasteiger partial charge in [0.25, 0.3) is 0 Å². The first-order valence-corrected chi connectivity index (χ1v) is 13.2. The molecule has 0 heterocycles. The summed E-state index contributed by atoms with van der Waals surface area (Å²) in [7, 11) is -7.39. The Morgan fingerprint density at radius 3 is 2.10 bits per heavy atom. The molecule has 160 valence electrons. The third-order valence-electron chi connectivity index (χ3n) is 4.23. The first-order valence-electron chi connectivity index (χ1n) is 9.13. The zero-order chi connectivity index (χ0) is 21.5. The maximum atomic E-state index is 13.6. The van der Waals surface area contributed by atoms with Crippen LogP contribution < -0.4 is 4.72 Å². The van der Waals surface area contributed by atoms with Crippen molar-refractivity contribution in [3.63, 3.8) is 0 Å². The SMILES string of the molecule is CCN(CC)S(=O)(=O)c1ccc(S(=O)(=O)NCCSCc2ccccc2F)cc1. The minimum absolute atomic E-state index is 0.00454. The van der Waals surface area contributed by atoms with E-state index >= 15 is 0 Å². The van der Waals surface area contributed by atoms with Gasteiger partial charge in [-0.3, -0.25) is 0 Å². The van der Waals surface area contributed by atoms with Crippen LogP contribution in [0.1, 0.15) is 19.4 Å². The molecule has 0 saturated heterocycles. The Balaban J connectivity index is 1.93. The number of halogens is 1. The van der Waals surface area contributed by atoms with E-state index in [0.717, 1.165) is 0 Å². The lowest BCUT2D eigenvalue weighted by Crippen LogP contribution is -2.30. The van der Waals surface area contributed by atoms with E-state index in [4.69, 9.17) is 0 Å². The van der Waals surface area contributed by atoms with Crippen molar-refractivity contribution in [2.45, 2.75) is 29.4 Å². The largest absolute Gasteiger partial charge is 0.243 e. The summed E-state index contributed by atoms with van der Waals surface area (Å²) in [4.78, 5) is 0.0516. The van der Waals surface area contributed by atoms with Gasteiger partial charge in [0.15, 0.2) is 0 Å². The molecule has 0 fully saturated rings. The van der Waals surface area contributed by atoms with E-state index in [-0.39, 0.29) is 22.2 Å². The fraction of sp³-hybridized carbons (Fsp3) is 0.368. The van der Waals surface area contributed by atoms with Crippen LogP contribution in [-0.2, 0) is 25.8 Å². The number of rotatable bonds is 11. The minimum Gasteiger partial charge on any atom is -0.210 e. The molecule has 0 spiro atoms. The maximum absolute atomic E-state index is 13.6. The third kappa shape index (κ3) is 6.26. The van der Waals surface area contributed by atoms with Gasteiger partial charge in [0, 0.05) is 31.1 Å². The molecule has 0 aromatic heterocycles. The summed E-state index contributed by atoms with van der Waals surface area (Å²) in [5, 5.41) is 0. The lowest BCUT2D eigenvalue weighted by molar-refractivity contribution is 0.445. The second-order valence-electron chi connectivity index (χ2n) is 6.10. The van der Waals surface area contributed by atoms with Crippen LogP contribution in [0.4, 0.5) is 4.39 Å². The average Bonchev–Trinajstić information content (AvgIpc) is 2.70. The number of nitrogens with zero attached hydrogens (tertiary/aromatic N) is 1. The van der Waals surface area contributed by atoms with Gasteiger partial charge in [0.1, 0.15) is 5.82 Å². The highest BCUT2D eigenvalue weighted by atomic mass is 32.2. The van der Waals surface area contributed by atoms with E-state index < -0.39 is 20.0 Å². The normalized spacial score (nSPS) is 12.4. The topological polar surface area (TPSA) is 83.6 Å². The van der Waals surface area contributed by atoms with Crippen molar-refractivity contribution in [1.82, 2.24) is 9.03 Å². The van der Waals surface area contributed by atoms with E-state index in [1.807, 2.05) is 0 Å². The number of sulfonamides is 2. The molecule has 0 aliphatic carbocycles. The van der Waals surface area contributed by atoms with Gasteiger partial charge < -0.3 is 0 Å². The zero-order valence-electron chi connectivity index (χ0n) is 16.3. The summed E-state index contributed by atoms with van der Waals surface area (Å²) in [6, 6.07) is 11.6. The Morgan fingerprint density at radius 1 is 0.931 bits per heavy atom. The van der Waals surface area contributed by atoms with Crippen LogP contribution in [0.2, 0.25) is 0 Å². The lowest BCUT2D eigenvalue weighted by atomic mass is 10.2. The van der Waals surface area contributed by atoms with Crippen LogP contribution in [-0.4, -0.2) is 46.5 Å². The molecule has 0 atom stereocenters. The zero-order valence-corrected chi connectivity index (χ0v) is 18.8. The lowest BCUT2D eigenvalue weighted by Gasteiger charge is -2.18. The van der Waals surface area contributed by atoms with Crippen molar-refractivity contribution in [1.29, 1.82) is 0 Å². The summed E-state index contributed by atoms with van der Waals surface area (Å²) in [5.74, 6) is 0.647. The van der Waals surface area contributed by atoms with Crippen molar-refractivity contribution in [2.75, 3.05) is 25.4 Å². The van der Waals surface area contributed by atoms with Crippen LogP contribution in [0, 0.1) is 5.82 Å². The molecule has 1 N–H and O–H groups in total. The van der Waals surface area contributed by atoms with Gasteiger partial charge in [0.05, 0.1) is 9.79 Å². The van der Waals surface area contributed by atoms with E-state index in [9.17, 15) is 21.2 Å². The van der Waals surface area contributed by atoms with Crippen LogP contribution in [0.15, 0.2) is 58.3 Å². The van der Waals surface area contributed by atoms with Crippen LogP contribution in [0.5, 0.6) is 0 Å². The molecular weight excluding hydrogens is 435 g/mol. The van der Waals surface area contributed by atoms with E-state index in [2.05, 4.69) is 4.72 Å². The van der Waals surface area contributed by atoms with Gasteiger partial charge in [0.2, 0.25) is 20.0 Å². The fourth-order valence-corrected chi connectivity index (χ4v) is 6.10. The molecule has 0 saturated carbocycles. The molecule has 0 aliphatic rings. The van der Waals surface area contributed by atoms with Crippen molar-refractivity contribution in [3.8, 4) is 0 Å². The van der Waals surface area contributed by atoms with Gasteiger partial charge in [-0.15, -0.1) is 0 Å². The van der Waals surface area contributed by atoms with Crippen molar-refractivity contribution < 1.29 is 21.2 Å². The second kappa shape index (κ2) is 10.5. The molecule has 0 amide bonds. The standard InChI is InChI=1S/C19H25FN2O4S3/c1-3-22(4-2)29(25,26)18-11-9-17(10-12-18)28(23,24)21-13-14-27-15-16-7-5-6-8-19(16)20/h5-12,21H,3-4,13-15H2,1-2H3. The van der Waals surface area contributed by atoms with E-state index in [1.165, 1.54) is 46.4 Å². The maximum Gasteiger partial charge on any atom is 0.243 e. The summed E-state index contributed by atoms with van der Waals surface area (Å²) < 4.78 is 67.1. The van der Waals surface area contributed by atoms with Crippen LogP contribution in [0.3, 0.4) is 0 Å². The van der Waals surface area contributed by atoms with Crippen molar-refractivity contribution >= 4 is 31.8 Å². The Hall–Kier alpha value is -1.46. The number of thioether (sulfide) groups is 1. The van der Waals surface area contributed by atoms with E-state index in [1.54, 1.807) is 32.0 Å². The highest BCUT2D eigenvalue weighted by Gasteiger charge is 2.22. The molecule has 0 aliphatic heterocycles. The van der Waals surface area contributed by atoms with Gasteiger partial charge in [-0.2, -0.15) is 16.1 Å². The monoisotopic (exact) mass is 460 g/mol. The number of nitrogens with one attached hydrogen (secondary N) is 1. The molecule has 2 aromatic rings. The van der Waals surface area contributed by atoms with Gasteiger partial charge in [-0.1, -0.05) is 32.0 Å². The summed E-state index contributed by atoms with van der Waals surface area (Å²) in [5.41, 5.74) is 0.574. The summed E-state index contributed by atoms with van der Waals surface area (Å²) >= 11 is 1.42.